The van der Waals surface area contributed by atoms with Crippen LogP contribution in [-0.4, -0.2) is 18.2 Å². The van der Waals surface area contributed by atoms with Crippen molar-refractivity contribution in [1.82, 2.24) is 0 Å². The second-order valence-corrected chi connectivity index (χ2v) is 2.72. The highest BCUT2D eigenvalue weighted by molar-refractivity contribution is 5.50. The van der Waals surface area contributed by atoms with E-state index >= 15 is 0 Å². The summed E-state index contributed by atoms with van der Waals surface area (Å²) in [5.74, 6) is 0.327. The summed E-state index contributed by atoms with van der Waals surface area (Å²) in [6, 6.07) is 5.40. The van der Waals surface area contributed by atoms with Crippen LogP contribution in [0.2, 0.25) is 0 Å². The van der Waals surface area contributed by atoms with Gasteiger partial charge >= 0.3 is 0 Å². The first-order valence-corrected chi connectivity index (χ1v) is 3.97. The Hall–Kier alpha value is -1.22. The van der Waals surface area contributed by atoms with Gasteiger partial charge in [0, 0.05) is 18.8 Å². The van der Waals surface area contributed by atoms with Gasteiger partial charge in [0.25, 0.3) is 0 Å². The Morgan fingerprint density at radius 3 is 2.83 bits per heavy atom. The van der Waals surface area contributed by atoms with E-state index in [-0.39, 0.29) is 0 Å². The molecule has 3 nitrogen and oxygen atoms in total. The fraction of sp³-hybridized carbons (Fsp3) is 0.333. The highest BCUT2D eigenvalue weighted by Crippen LogP contribution is 2.19. The lowest BCUT2D eigenvalue weighted by atomic mass is 10.2. The van der Waals surface area contributed by atoms with Crippen LogP contribution in [0.25, 0.3) is 0 Å². The maximum absolute atomic E-state index is 9.22. The molecule has 0 saturated heterocycles. The number of anilines is 1. The van der Waals surface area contributed by atoms with Crippen molar-refractivity contribution in [3.05, 3.63) is 23.8 Å². The zero-order valence-electron chi connectivity index (χ0n) is 7.17. The van der Waals surface area contributed by atoms with E-state index in [1.807, 2.05) is 19.1 Å². The molecule has 0 spiro atoms. The number of nitrogens with two attached hydrogens (primary N) is 1. The minimum atomic E-state index is 0.327. The summed E-state index contributed by atoms with van der Waals surface area (Å²) >= 11 is 0. The summed E-state index contributed by atoms with van der Waals surface area (Å²) in [5, 5.41) is 12.3. The number of hydrogen-bond donors (Lipinski definition) is 3. The van der Waals surface area contributed by atoms with Gasteiger partial charge in [-0.2, -0.15) is 0 Å². The van der Waals surface area contributed by atoms with Crippen molar-refractivity contribution in [2.75, 3.05) is 18.4 Å². The molecule has 66 valence electrons. The smallest absolute Gasteiger partial charge is 0.118 e. The summed E-state index contributed by atoms with van der Waals surface area (Å²) in [6.45, 7) is 3.23. The zero-order chi connectivity index (χ0) is 8.97. The molecular weight excluding hydrogens is 152 g/mol. The number of phenolic OH excluding ortho intramolecular Hbond substituents is 1. The Labute approximate surface area is 72.2 Å². The van der Waals surface area contributed by atoms with Gasteiger partial charge in [-0.05, 0) is 30.7 Å². The van der Waals surface area contributed by atoms with Crippen LogP contribution in [0.15, 0.2) is 18.2 Å². The number of aromatic hydroxyl groups is 1. The molecule has 12 heavy (non-hydrogen) atoms. The topological polar surface area (TPSA) is 58.3 Å². The van der Waals surface area contributed by atoms with E-state index in [9.17, 15) is 5.11 Å². The second-order valence-electron chi connectivity index (χ2n) is 2.72. The molecule has 1 aromatic carbocycles. The van der Waals surface area contributed by atoms with Crippen molar-refractivity contribution in [2.24, 2.45) is 5.73 Å². The molecule has 0 heterocycles. The van der Waals surface area contributed by atoms with Crippen LogP contribution < -0.4 is 11.1 Å². The Balaban J connectivity index is 2.69. The highest BCUT2D eigenvalue weighted by atomic mass is 16.3. The molecule has 0 aliphatic rings. The Morgan fingerprint density at radius 1 is 1.50 bits per heavy atom. The van der Waals surface area contributed by atoms with Crippen LogP contribution in [0.1, 0.15) is 5.56 Å². The van der Waals surface area contributed by atoms with Gasteiger partial charge in [0.2, 0.25) is 0 Å². The lowest BCUT2D eigenvalue weighted by Crippen LogP contribution is -2.12. The van der Waals surface area contributed by atoms with Crippen LogP contribution in [0.3, 0.4) is 0 Å². The molecule has 0 aliphatic carbocycles. The van der Waals surface area contributed by atoms with Gasteiger partial charge in [0.15, 0.2) is 0 Å². The summed E-state index contributed by atoms with van der Waals surface area (Å²) in [5.41, 5.74) is 7.20. The molecule has 1 aromatic rings. The van der Waals surface area contributed by atoms with Gasteiger partial charge in [0.05, 0.1) is 0 Å². The first-order valence-electron chi connectivity index (χ1n) is 3.97. The van der Waals surface area contributed by atoms with Crippen molar-refractivity contribution in [2.45, 2.75) is 6.92 Å². The van der Waals surface area contributed by atoms with Gasteiger partial charge in [-0.1, -0.05) is 0 Å². The van der Waals surface area contributed by atoms with Crippen LogP contribution in [0.5, 0.6) is 5.75 Å². The molecule has 0 fully saturated rings. The maximum Gasteiger partial charge on any atom is 0.118 e. The fourth-order valence-corrected chi connectivity index (χ4v) is 0.982. The number of nitrogens with one attached hydrogen (secondary N) is 1. The van der Waals surface area contributed by atoms with Crippen LogP contribution >= 0.6 is 0 Å². The molecular formula is C9H14N2O. The van der Waals surface area contributed by atoms with Crippen LogP contribution in [-0.2, 0) is 0 Å². The van der Waals surface area contributed by atoms with E-state index in [1.165, 1.54) is 0 Å². The minimum Gasteiger partial charge on any atom is -0.508 e. The quantitative estimate of drug-likeness (QED) is 0.589. The molecule has 4 N–H and O–H groups in total. The summed E-state index contributed by atoms with van der Waals surface area (Å²) in [6.07, 6.45) is 0. The third kappa shape index (κ3) is 2.13. The Bertz CT molecular complexity index is 261. The molecule has 0 bridgehead atoms. The van der Waals surface area contributed by atoms with Crippen molar-refractivity contribution < 1.29 is 5.11 Å². The van der Waals surface area contributed by atoms with E-state index in [0.29, 0.717) is 12.3 Å². The van der Waals surface area contributed by atoms with Crippen LogP contribution in [0.4, 0.5) is 5.69 Å². The summed E-state index contributed by atoms with van der Waals surface area (Å²) in [7, 11) is 0. The average molecular weight is 166 g/mol. The number of aryl methyl sites for hydroxylation is 1. The van der Waals surface area contributed by atoms with Crippen molar-refractivity contribution >= 4 is 5.69 Å². The summed E-state index contributed by atoms with van der Waals surface area (Å²) < 4.78 is 0. The summed E-state index contributed by atoms with van der Waals surface area (Å²) in [4.78, 5) is 0. The van der Waals surface area contributed by atoms with Crippen molar-refractivity contribution in [1.29, 1.82) is 0 Å². The SMILES string of the molecule is Cc1cc(NCCN)ccc1O. The normalized spacial score (nSPS) is 9.83. The standard InChI is InChI=1S/C9H14N2O/c1-7-6-8(11-5-4-10)2-3-9(7)12/h2-3,6,11-12H,4-5,10H2,1H3. The minimum absolute atomic E-state index is 0.327. The molecule has 0 radical (unpaired) electrons. The molecule has 0 aliphatic heterocycles. The number of benzene rings is 1. The Kier molecular flexibility index (Phi) is 2.94. The monoisotopic (exact) mass is 166 g/mol. The van der Waals surface area contributed by atoms with E-state index in [0.717, 1.165) is 17.8 Å². The predicted octanol–water partition coefficient (Wildman–Crippen LogP) is 1.07. The molecule has 0 atom stereocenters. The molecule has 0 amide bonds. The van der Waals surface area contributed by atoms with Crippen LogP contribution in [0, 0.1) is 6.92 Å². The second kappa shape index (κ2) is 3.97. The molecule has 0 aromatic heterocycles. The van der Waals surface area contributed by atoms with Gasteiger partial charge in [-0.15, -0.1) is 0 Å². The van der Waals surface area contributed by atoms with E-state index < -0.39 is 0 Å². The molecule has 3 heteroatoms. The van der Waals surface area contributed by atoms with E-state index in [4.69, 9.17) is 5.73 Å². The van der Waals surface area contributed by atoms with E-state index in [1.54, 1.807) is 6.07 Å². The first kappa shape index (κ1) is 8.87. The van der Waals surface area contributed by atoms with Gasteiger partial charge in [-0.25, -0.2) is 0 Å². The van der Waals surface area contributed by atoms with Gasteiger partial charge in [0.1, 0.15) is 5.75 Å². The van der Waals surface area contributed by atoms with Gasteiger partial charge < -0.3 is 16.2 Å². The van der Waals surface area contributed by atoms with Crippen molar-refractivity contribution in [3.8, 4) is 5.75 Å². The molecule has 1 rings (SSSR count). The van der Waals surface area contributed by atoms with Gasteiger partial charge in [-0.3, -0.25) is 0 Å². The number of rotatable bonds is 3. The van der Waals surface area contributed by atoms with E-state index in [2.05, 4.69) is 5.32 Å². The number of hydrogen-bond acceptors (Lipinski definition) is 3. The lowest BCUT2D eigenvalue weighted by Gasteiger charge is -2.05. The third-order valence-corrected chi connectivity index (χ3v) is 1.67. The van der Waals surface area contributed by atoms with Crippen molar-refractivity contribution in [3.63, 3.8) is 0 Å². The molecule has 0 unspecified atom stereocenters. The largest absolute Gasteiger partial charge is 0.508 e. The third-order valence-electron chi connectivity index (χ3n) is 1.67. The highest BCUT2D eigenvalue weighted by Gasteiger charge is 1.95. The number of phenols is 1. The lowest BCUT2D eigenvalue weighted by molar-refractivity contribution is 0.471. The zero-order valence-corrected chi connectivity index (χ0v) is 7.17. The molecule has 0 saturated carbocycles. The average Bonchev–Trinajstić information content (AvgIpc) is 2.07. The first-order chi connectivity index (χ1) is 5.74. The predicted molar refractivity (Wildman–Crippen MR) is 50.4 cm³/mol. The Morgan fingerprint density at radius 2 is 2.25 bits per heavy atom. The maximum atomic E-state index is 9.22. The fourth-order valence-electron chi connectivity index (χ4n) is 0.982.